The number of rotatable bonds is 21. The van der Waals surface area contributed by atoms with Crippen LogP contribution in [-0.4, -0.2) is 61.5 Å². The zero-order valence-electron chi connectivity index (χ0n) is 26.7. The van der Waals surface area contributed by atoms with Crippen molar-refractivity contribution in [3.63, 3.8) is 0 Å². The van der Waals surface area contributed by atoms with Crippen molar-refractivity contribution in [2.45, 2.75) is 71.8 Å². The van der Waals surface area contributed by atoms with Gasteiger partial charge in [0, 0.05) is 58.8 Å². The van der Waals surface area contributed by atoms with Crippen LogP contribution >= 0.6 is 0 Å². The van der Waals surface area contributed by atoms with E-state index in [9.17, 15) is 5.11 Å². The number of nitrogens with one attached hydrogen (secondary N) is 4. The van der Waals surface area contributed by atoms with Crippen molar-refractivity contribution in [3.8, 4) is 0 Å². The molecule has 0 aliphatic carbocycles. The number of hydrogen-bond acceptors (Lipinski definition) is 6. The zero-order chi connectivity index (χ0) is 30.7. The molecule has 0 radical (unpaired) electrons. The normalized spacial score (nSPS) is 15.6. The van der Waals surface area contributed by atoms with Crippen molar-refractivity contribution in [2.24, 2.45) is 0 Å². The lowest BCUT2D eigenvalue weighted by Gasteiger charge is -2.24. The Morgan fingerprint density at radius 2 is 1.79 bits per heavy atom. The molecule has 1 aliphatic rings. The van der Waals surface area contributed by atoms with Crippen LogP contribution in [0.15, 0.2) is 91.2 Å². The highest BCUT2D eigenvalue weighted by Gasteiger charge is 2.12. The quantitative estimate of drug-likeness (QED) is 0.0740. The van der Waals surface area contributed by atoms with Gasteiger partial charge in [-0.05, 0) is 60.4 Å². The van der Waals surface area contributed by atoms with Gasteiger partial charge in [0.2, 0.25) is 0 Å². The summed E-state index contributed by atoms with van der Waals surface area (Å²) in [4.78, 5) is 2.50. The van der Waals surface area contributed by atoms with Crippen LogP contribution in [0.3, 0.4) is 0 Å². The van der Waals surface area contributed by atoms with Crippen LogP contribution in [0, 0.1) is 6.92 Å². The first-order chi connectivity index (χ1) is 20.9. The van der Waals surface area contributed by atoms with Crippen LogP contribution in [0.25, 0.3) is 5.57 Å². The molecule has 0 saturated heterocycles. The van der Waals surface area contributed by atoms with Crippen LogP contribution < -0.4 is 21.3 Å². The van der Waals surface area contributed by atoms with E-state index in [1.165, 1.54) is 34.2 Å². The Labute approximate surface area is 261 Å². The number of unbranched alkanes of at least 4 members (excludes halogenated alkanes) is 2. The van der Waals surface area contributed by atoms with Crippen molar-refractivity contribution in [2.75, 3.05) is 39.3 Å². The molecule has 3 rings (SSSR count). The summed E-state index contributed by atoms with van der Waals surface area (Å²) >= 11 is 0. The number of allylic oxidation sites excluding steroid dienone is 3. The summed E-state index contributed by atoms with van der Waals surface area (Å²) in [6, 6.07) is 17.6. The maximum atomic E-state index is 10.9. The van der Waals surface area contributed by atoms with Crippen molar-refractivity contribution < 1.29 is 5.11 Å². The topological polar surface area (TPSA) is 71.6 Å². The SMILES string of the molecule is C=C(C)CNCCN(CCNCC1C=CC=CN1)Cc1ccc(CN[C@H](O)C/C(=C/CCCC)c2ccccc2C)cc1. The number of nitrogens with zero attached hydrogens (tertiary/aromatic N) is 1. The molecule has 6 heteroatoms. The summed E-state index contributed by atoms with van der Waals surface area (Å²) in [5.74, 6) is 0. The van der Waals surface area contributed by atoms with E-state index >= 15 is 0 Å². The average Bonchev–Trinajstić information content (AvgIpc) is 3.01. The summed E-state index contributed by atoms with van der Waals surface area (Å²) in [5.41, 5.74) is 7.33. The summed E-state index contributed by atoms with van der Waals surface area (Å²) in [7, 11) is 0. The van der Waals surface area contributed by atoms with Gasteiger partial charge in [0.25, 0.3) is 0 Å². The third-order valence-electron chi connectivity index (χ3n) is 7.69. The van der Waals surface area contributed by atoms with E-state index in [4.69, 9.17) is 0 Å². The first-order valence-corrected chi connectivity index (χ1v) is 16.1. The summed E-state index contributed by atoms with van der Waals surface area (Å²) in [5, 5.41) is 24.7. The zero-order valence-corrected chi connectivity index (χ0v) is 26.7. The van der Waals surface area contributed by atoms with Gasteiger partial charge < -0.3 is 21.1 Å². The minimum atomic E-state index is -0.600. The second-order valence-electron chi connectivity index (χ2n) is 11.7. The Hall–Kier alpha value is -3.00. The Morgan fingerprint density at radius 1 is 1.05 bits per heavy atom. The van der Waals surface area contributed by atoms with Crippen LogP contribution in [0.1, 0.15) is 61.8 Å². The molecule has 5 N–H and O–H groups in total. The van der Waals surface area contributed by atoms with Gasteiger partial charge in [0.05, 0.1) is 6.04 Å². The van der Waals surface area contributed by atoms with Gasteiger partial charge in [-0.15, -0.1) is 0 Å². The van der Waals surface area contributed by atoms with Gasteiger partial charge in [-0.3, -0.25) is 10.2 Å². The Morgan fingerprint density at radius 3 is 2.49 bits per heavy atom. The minimum Gasteiger partial charge on any atom is -0.383 e. The molecule has 6 nitrogen and oxygen atoms in total. The second kappa shape index (κ2) is 20.0. The molecule has 2 atom stereocenters. The molecule has 0 saturated carbocycles. The van der Waals surface area contributed by atoms with E-state index in [0.29, 0.717) is 19.0 Å². The minimum absolute atomic E-state index is 0.349. The fourth-order valence-electron chi connectivity index (χ4n) is 5.17. The van der Waals surface area contributed by atoms with Crippen LogP contribution in [0.4, 0.5) is 0 Å². The van der Waals surface area contributed by atoms with Gasteiger partial charge in [-0.25, -0.2) is 0 Å². The molecule has 1 heterocycles. The molecule has 1 unspecified atom stereocenters. The largest absolute Gasteiger partial charge is 0.383 e. The Balaban J connectivity index is 1.49. The molecule has 234 valence electrons. The first kappa shape index (κ1) is 34.5. The standard InChI is InChI=1S/C37H55N5O/c1-5-6-7-13-34(36-15-9-8-12-31(36)4)25-37(43)41-27-32-16-18-33(19-17-32)29-42(23-21-38-26-30(2)3)24-22-39-28-35-14-10-11-20-40-35/h8-20,35,37-41,43H,2,5-7,21-29H2,1,3-4H3/b34-13-/t35?,37-/m1/s1. The molecule has 0 fully saturated rings. The molecular formula is C37H55N5O. The Kier molecular flexibility index (Phi) is 16.1. The second-order valence-corrected chi connectivity index (χ2v) is 11.7. The van der Waals surface area contributed by atoms with Gasteiger partial charge in [0.15, 0.2) is 0 Å². The highest BCUT2D eigenvalue weighted by molar-refractivity contribution is 5.68. The van der Waals surface area contributed by atoms with E-state index in [1.807, 2.05) is 12.3 Å². The summed E-state index contributed by atoms with van der Waals surface area (Å²) in [6.45, 7) is 17.5. The maximum Gasteiger partial charge on any atom is 0.109 e. The number of dihydropyridines is 1. The predicted octanol–water partition coefficient (Wildman–Crippen LogP) is 5.67. The molecule has 43 heavy (non-hydrogen) atoms. The van der Waals surface area contributed by atoms with Crippen molar-refractivity contribution in [3.05, 3.63) is 113 Å². The van der Waals surface area contributed by atoms with Gasteiger partial charge >= 0.3 is 0 Å². The van der Waals surface area contributed by atoms with Gasteiger partial charge in [-0.1, -0.05) is 98.7 Å². The molecule has 0 aromatic heterocycles. The number of benzene rings is 2. The molecule has 2 aromatic rings. The Bertz CT molecular complexity index is 1170. The van der Waals surface area contributed by atoms with E-state index < -0.39 is 6.23 Å². The van der Waals surface area contributed by atoms with Crippen LogP contribution in [0.5, 0.6) is 0 Å². The van der Waals surface area contributed by atoms with E-state index in [-0.39, 0.29) is 0 Å². The van der Waals surface area contributed by atoms with Crippen molar-refractivity contribution in [1.29, 1.82) is 0 Å². The summed E-state index contributed by atoms with van der Waals surface area (Å²) < 4.78 is 0. The predicted molar refractivity (Wildman–Crippen MR) is 184 cm³/mol. The first-order valence-electron chi connectivity index (χ1n) is 16.1. The number of aryl methyl sites for hydroxylation is 1. The molecule has 0 amide bonds. The smallest absolute Gasteiger partial charge is 0.109 e. The lowest BCUT2D eigenvalue weighted by Crippen LogP contribution is -2.40. The molecule has 1 aliphatic heterocycles. The summed E-state index contributed by atoms with van der Waals surface area (Å²) in [6.07, 6.45) is 14.0. The lowest BCUT2D eigenvalue weighted by atomic mass is 9.96. The third-order valence-corrected chi connectivity index (χ3v) is 7.69. The highest BCUT2D eigenvalue weighted by Crippen LogP contribution is 2.24. The van der Waals surface area contributed by atoms with E-state index in [0.717, 1.165) is 64.2 Å². The van der Waals surface area contributed by atoms with Crippen molar-refractivity contribution in [1.82, 2.24) is 26.2 Å². The van der Waals surface area contributed by atoms with E-state index in [1.54, 1.807) is 0 Å². The third kappa shape index (κ3) is 13.9. The van der Waals surface area contributed by atoms with Gasteiger partial charge in [0.1, 0.15) is 6.23 Å². The fraction of sp³-hybridized carbons (Fsp3) is 0.459. The molecule has 0 bridgehead atoms. The van der Waals surface area contributed by atoms with Crippen molar-refractivity contribution >= 4 is 5.57 Å². The van der Waals surface area contributed by atoms with Gasteiger partial charge in [-0.2, -0.15) is 0 Å². The number of aliphatic hydroxyl groups excluding tert-OH is 1. The number of hydrogen-bond donors (Lipinski definition) is 5. The van der Waals surface area contributed by atoms with Crippen LogP contribution in [0.2, 0.25) is 0 Å². The highest BCUT2D eigenvalue weighted by atomic mass is 16.3. The molecular weight excluding hydrogens is 530 g/mol. The number of aliphatic hydroxyl groups is 1. The lowest BCUT2D eigenvalue weighted by molar-refractivity contribution is 0.140. The molecule has 0 spiro atoms. The average molecular weight is 586 g/mol. The monoisotopic (exact) mass is 585 g/mol. The fourth-order valence-corrected chi connectivity index (χ4v) is 5.17. The maximum absolute atomic E-state index is 10.9. The van der Waals surface area contributed by atoms with Crippen LogP contribution in [-0.2, 0) is 13.1 Å². The molecule has 2 aromatic carbocycles. The van der Waals surface area contributed by atoms with E-state index in [2.05, 4.69) is 120 Å².